The first-order valence-corrected chi connectivity index (χ1v) is 8.58. The van der Waals surface area contributed by atoms with Crippen molar-refractivity contribution >= 4 is 5.91 Å². The summed E-state index contributed by atoms with van der Waals surface area (Å²) in [5, 5.41) is 16.7. The summed E-state index contributed by atoms with van der Waals surface area (Å²) in [7, 11) is 0. The molecule has 1 heterocycles. The molecule has 1 fully saturated rings. The molecule has 1 amide bonds. The van der Waals surface area contributed by atoms with Gasteiger partial charge in [0.05, 0.1) is 12.2 Å². The second-order valence-corrected chi connectivity index (χ2v) is 6.71. The first kappa shape index (κ1) is 16.7. The largest absolute Gasteiger partial charge is 0.396 e. The molecular weight excluding hydrogens is 302 g/mol. The van der Waals surface area contributed by atoms with E-state index in [9.17, 15) is 9.90 Å². The Kier molecular flexibility index (Phi) is 5.00. The molecule has 1 atom stereocenters. The molecule has 24 heavy (non-hydrogen) atoms. The number of aromatic nitrogens is 2. The molecule has 2 N–H and O–H groups in total. The van der Waals surface area contributed by atoms with Gasteiger partial charge in [0, 0.05) is 23.9 Å². The van der Waals surface area contributed by atoms with E-state index in [2.05, 4.69) is 10.4 Å². The summed E-state index contributed by atoms with van der Waals surface area (Å²) in [4.78, 5) is 12.5. The van der Waals surface area contributed by atoms with E-state index in [4.69, 9.17) is 0 Å². The molecule has 0 spiro atoms. The lowest BCUT2D eigenvalue weighted by Crippen LogP contribution is -2.37. The summed E-state index contributed by atoms with van der Waals surface area (Å²) >= 11 is 0. The van der Waals surface area contributed by atoms with E-state index < -0.39 is 0 Å². The molecule has 2 aromatic rings. The van der Waals surface area contributed by atoms with Gasteiger partial charge in [0.25, 0.3) is 5.91 Å². The van der Waals surface area contributed by atoms with Crippen molar-refractivity contribution in [1.82, 2.24) is 15.1 Å². The molecule has 1 saturated carbocycles. The molecular formula is C19H25N3O2. The average molecular weight is 327 g/mol. The first-order valence-electron chi connectivity index (χ1n) is 8.58. The third kappa shape index (κ3) is 4.03. The summed E-state index contributed by atoms with van der Waals surface area (Å²) in [5.74, 6) is 0.467. The molecule has 5 nitrogen and oxygen atoms in total. The van der Waals surface area contributed by atoms with E-state index in [0.29, 0.717) is 24.4 Å². The number of rotatable bonds is 7. The minimum absolute atomic E-state index is 0.0597. The van der Waals surface area contributed by atoms with Gasteiger partial charge in [0.2, 0.25) is 0 Å². The third-order valence-corrected chi connectivity index (χ3v) is 4.57. The number of aryl methyl sites for hydroxylation is 2. The number of carbonyl (C=O) groups excluding carboxylic acids is 1. The zero-order valence-corrected chi connectivity index (χ0v) is 14.3. The summed E-state index contributed by atoms with van der Waals surface area (Å²) in [6.07, 6.45) is 2.91. The SMILES string of the molecule is Cc1cc(C)n(Cc2cccc(C(=O)NC(CCO)C3CC3)c2)n1. The van der Waals surface area contributed by atoms with Crippen LogP contribution in [0.4, 0.5) is 0 Å². The van der Waals surface area contributed by atoms with E-state index >= 15 is 0 Å². The standard InChI is InChI=1S/C19H25N3O2/c1-13-10-14(2)22(21-13)12-15-4-3-5-17(11-15)19(24)20-18(8-9-23)16-6-7-16/h3-5,10-11,16,18,23H,6-9,12H2,1-2H3,(H,20,24). The summed E-state index contributed by atoms with van der Waals surface area (Å²) < 4.78 is 1.95. The van der Waals surface area contributed by atoms with Crippen LogP contribution in [0.2, 0.25) is 0 Å². The van der Waals surface area contributed by atoms with Crippen molar-refractivity contribution in [1.29, 1.82) is 0 Å². The number of nitrogens with zero attached hydrogens (tertiary/aromatic N) is 2. The zero-order valence-electron chi connectivity index (χ0n) is 14.3. The Morgan fingerprint density at radius 3 is 2.79 bits per heavy atom. The predicted octanol–water partition coefficient (Wildman–Crippen LogP) is 2.44. The van der Waals surface area contributed by atoms with Crippen LogP contribution in [-0.2, 0) is 6.54 Å². The van der Waals surface area contributed by atoms with Crippen LogP contribution >= 0.6 is 0 Å². The van der Waals surface area contributed by atoms with Crippen LogP contribution in [0.25, 0.3) is 0 Å². The smallest absolute Gasteiger partial charge is 0.251 e. The van der Waals surface area contributed by atoms with E-state index in [0.717, 1.165) is 29.8 Å². The van der Waals surface area contributed by atoms with Crippen molar-refractivity contribution in [2.24, 2.45) is 5.92 Å². The highest BCUT2D eigenvalue weighted by Gasteiger charge is 2.31. The van der Waals surface area contributed by atoms with Crippen LogP contribution in [-0.4, -0.2) is 33.4 Å². The van der Waals surface area contributed by atoms with Gasteiger partial charge >= 0.3 is 0 Å². The highest BCUT2D eigenvalue weighted by atomic mass is 16.3. The number of nitrogens with one attached hydrogen (secondary N) is 1. The summed E-state index contributed by atoms with van der Waals surface area (Å²) in [6.45, 7) is 4.78. The van der Waals surface area contributed by atoms with Crippen molar-refractivity contribution in [3.63, 3.8) is 0 Å². The fraction of sp³-hybridized carbons (Fsp3) is 0.474. The van der Waals surface area contributed by atoms with Crippen LogP contribution in [0, 0.1) is 19.8 Å². The molecule has 5 heteroatoms. The van der Waals surface area contributed by atoms with E-state index in [1.54, 1.807) is 0 Å². The van der Waals surface area contributed by atoms with Gasteiger partial charge in [-0.15, -0.1) is 0 Å². The summed E-state index contributed by atoms with van der Waals surface area (Å²) in [5.41, 5.74) is 3.83. The highest BCUT2D eigenvalue weighted by Crippen LogP contribution is 2.34. The van der Waals surface area contributed by atoms with E-state index in [1.807, 2.05) is 48.9 Å². The summed E-state index contributed by atoms with van der Waals surface area (Å²) in [6, 6.07) is 9.82. The molecule has 1 aromatic heterocycles. The van der Waals surface area contributed by atoms with Gasteiger partial charge in [-0.1, -0.05) is 12.1 Å². The molecule has 1 unspecified atom stereocenters. The predicted molar refractivity (Wildman–Crippen MR) is 92.9 cm³/mol. The lowest BCUT2D eigenvalue weighted by Gasteiger charge is -2.17. The van der Waals surface area contributed by atoms with Gasteiger partial charge in [-0.25, -0.2) is 0 Å². The Morgan fingerprint density at radius 2 is 2.17 bits per heavy atom. The van der Waals surface area contributed by atoms with Crippen molar-refractivity contribution in [2.45, 2.75) is 45.7 Å². The highest BCUT2D eigenvalue weighted by molar-refractivity contribution is 5.94. The van der Waals surface area contributed by atoms with E-state index in [1.165, 1.54) is 0 Å². The van der Waals surface area contributed by atoms with Crippen LogP contribution in [0.3, 0.4) is 0 Å². The Hall–Kier alpha value is -2.14. The Morgan fingerprint density at radius 1 is 1.38 bits per heavy atom. The average Bonchev–Trinajstić information content (AvgIpc) is 3.34. The maximum atomic E-state index is 12.5. The number of hydrogen-bond acceptors (Lipinski definition) is 3. The number of carbonyl (C=O) groups is 1. The molecule has 1 aliphatic carbocycles. The zero-order chi connectivity index (χ0) is 17.1. The first-order chi connectivity index (χ1) is 11.6. The van der Waals surface area contributed by atoms with Gasteiger partial charge in [0.1, 0.15) is 0 Å². The number of hydrogen-bond donors (Lipinski definition) is 2. The minimum Gasteiger partial charge on any atom is -0.396 e. The van der Waals surface area contributed by atoms with Crippen molar-refractivity contribution in [2.75, 3.05) is 6.61 Å². The molecule has 0 bridgehead atoms. The second kappa shape index (κ2) is 7.18. The monoisotopic (exact) mass is 327 g/mol. The molecule has 0 radical (unpaired) electrons. The van der Waals surface area contributed by atoms with Crippen molar-refractivity contribution in [3.8, 4) is 0 Å². The Bertz CT molecular complexity index is 719. The van der Waals surface area contributed by atoms with Crippen LogP contribution in [0.15, 0.2) is 30.3 Å². The van der Waals surface area contributed by atoms with Crippen LogP contribution in [0.5, 0.6) is 0 Å². The Balaban J connectivity index is 1.70. The maximum Gasteiger partial charge on any atom is 0.251 e. The fourth-order valence-corrected chi connectivity index (χ4v) is 3.13. The van der Waals surface area contributed by atoms with Gasteiger partial charge in [0.15, 0.2) is 0 Å². The van der Waals surface area contributed by atoms with Crippen LogP contribution in [0.1, 0.15) is 46.6 Å². The quantitative estimate of drug-likeness (QED) is 0.821. The number of amides is 1. The molecule has 1 aliphatic rings. The fourth-order valence-electron chi connectivity index (χ4n) is 3.13. The van der Waals surface area contributed by atoms with Gasteiger partial charge in [-0.2, -0.15) is 5.10 Å². The number of benzene rings is 1. The normalized spacial score (nSPS) is 15.3. The topological polar surface area (TPSA) is 67.2 Å². The van der Waals surface area contributed by atoms with E-state index in [-0.39, 0.29) is 18.6 Å². The number of aliphatic hydroxyl groups is 1. The molecule has 3 rings (SSSR count). The van der Waals surface area contributed by atoms with Crippen LogP contribution < -0.4 is 5.32 Å². The van der Waals surface area contributed by atoms with Crippen molar-refractivity contribution in [3.05, 3.63) is 52.8 Å². The lowest BCUT2D eigenvalue weighted by atomic mass is 10.1. The molecule has 0 saturated heterocycles. The third-order valence-electron chi connectivity index (χ3n) is 4.57. The maximum absolute atomic E-state index is 12.5. The van der Waals surface area contributed by atoms with Gasteiger partial charge in [-0.3, -0.25) is 9.48 Å². The number of aliphatic hydroxyl groups excluding tert-OH is 1. The Labute approximate surface area is 142 Å². The molecule has 128 valence electrons. The lowest BCUT2D eigenvalue weighted by molar-refractivity contribution is 0.0924. The van der Waals surface area contributed by atoms with Crippen molar-refractivity contribution < 1.29 is 9.90 Å². The minimum atomic E-state index is -0.0597. The molecule has 1 aromatic carbocycles. The molecule has 0 aliphatic heterocycles. The van der Waals surface area contributed by atoms with Gasteiger partial charge in [-0.05, 0) is 62.8 Å². The van der Waals surface area contributed by atoms with Gasteiger partial charge < -0.3 is 10.4 Å². The second-order valence-electron chi connectivity index (χ2n) is 6.71.